The average Bonchev–Trinajstić information content (AvgIpc) is 2.82. The van der Waals surface area contributed by atoms with Crippen LogP contribution in [0.1, 0.15) is 42.2 Å². The molecule has 2 rings (SSSR count). The number of pyridine rings is 1. The molecule has 1 aromatic heterocycles. The van der Waals surface area contributed by atoms with E-state index in [1.54, 1.807) is 12.1 Å². The second-order valence-corrected chi connectivity index (χ2v) is 5.20. The fourth-order valence-corrected chi connectivity index (χ4v) is 2.49. The number of rotatable bonds is 4. The molecule has 5 nitrogen and oxygen atoms in total. The number of nitrogens with one attached hydrogen (secondary N) is 1. The van der Waals surface area contributed by atoms with E-state index in [1.165, 1.54) is 12.3 Å². The van der Waals surface area contributed by atoms with Gasteiger partial charge in [0.2, 0.25) is 0 Å². The molecule has 1 aliphatic carbocycles. The lowest BCUT2D eigenvalue weighted by Crippen LogP contribution is -2.33. The monoisotopic (exact) mass is 274 g/mol. The Morgan fingerprint density at radius 2 is 2.25 bits per heavy atom. The predicted octanol–water partition coefficient (Wildman–Crippen LogP) is 2.10. The third kappa shape index (κ3) is 3.66. The molecule has 2 atom stereocenters. The fourth-order valence-electron chi connectivity index (χ4n) is 2.49. The lowest BCUT2D eigenvalue weighted by atomic mass is 10.1. The van der Waals surface area contributed by atoms with Gasteiger partial charge in [-0.2, -0.15) is 0 Å². The summed E-state index contributed by atoms with van der Waals surface area (Å²) in [6.07, 6.45) is 7.02. The number of hydrogen-bond donors (Lipinski definition) is 2. The van der Waals surface area contributed by atoms with Crippen molar-refractivity contribution in [3.63, 3.8) is 0 Å². The summed E-state index contributed by atoms with van der Waals surface area (Å²) >= 11 is 0. The van der Waals surface area contributed by atoms with E-state index < -0.39 is 5.97 Å². The van der Waals surface area contributed by atoms with E-state index in [0.717, 1.165) is 25.3 Å². The second kappa shape index (κ2) is 6.32. The van der Waals surface area contributed by atoms with Gasteiger partial charge in [-0.05, 0) is 37.3 Å². The lowest BCUT2D eigenvalue weighted by Gasteiger charge is -2.13. The summed E-state index contributed by atoms with van der Waals surface area (Å²) in [6, 6.07) is 3.55. The molecular weight excluding hydrogens is 256 g/mol. The largest absolute Gasteiger partial charge is 0.478 e. The number of hydrogen-bond acceptors (Lipinski definition) is 3. The zero-order valence-corrected chi connectivity index (χ0v) is 11.4. The Bertz CT molecular complexity index is 540. The molecule has 0 spiro atoms. The lowest BCUT2D eigenvalue weighted by molar-refractivity contribution is -0.131. The van der Waals surface area contributed by atoms with Crippen LogP contribution in [0, 0.1) is 5.92 Å². The van der Waals surface area contributed by atoms with Gasteiger partial charge in [0.1, 0.15) is 5.69 Å². The molecule has 1 fully saturated rings. The SMILES string of the molecule is CC1CCC(NC(=O)c2ncccc2/C=C/C(=O)O)C1. The van der Waals surface area contributed by atoms with Gasteiger partial charge < -0.3 is 10.4 Å². The van der Waals surface area contributed by atoms with Crippen molar-refractivity contribution in [2.24, 2.45) is 5.92 Å². The van der Waals surface area contributed by atoms with E-state index in [2.05, 4.69) is 17.2 Å². The summed E-state index contributed by atoms with van der Waals surface area (Å²) in [5, 5.41) is 11.6. The van der Waals surface area contributed by atoms with Crippen LogP contribution >= 0.6 is 0 Å². The molecule has 0 saturated heterocycles. The van der Waals surface area contributed by atoms with Crippen LogP contribution in [0.2, 0.25) is 0 Å². The zero-order valence-electron chi connectivity index (χ0n) is 11.4. The van der Waals surface area contributed by atoms with Crippen molar-refractivity contribution < 1.29 is 14.7 Å². The summed E-state index contributed by atoms with van der Waals surface area (Å²) in [5.74, 6) is -0.657. The van der Waals surface area contributed by atoms with Gasteiger partial charge in [-0.1, -0.05) is 13.0 Å². The number of carboxylic acid groups (broad SMARTS) is 1. The normalized spacial score (nSPS) is 22.1. The fraction of sp³-hybridized carbons (Fsp3) is 0.400. The summed E-state index contributed by atoms with van der Waals surface area (Å²) < 4.78 is 0. The molecule has 5 heteroatoms. The van der Waals surface area contributed by atoms with Crippen molar-refractivity contribution in [3.8, 4) is 0 Å². The molecule has 1 aromatic rings. The Balaban J connectivity index is 2.11. The van der Waals surface area contributed by atoms with E-state index in [0.29, 0.717) is 11.5 Å². The molecule has 1 saturated carbocycles. The van der Waals surface area contributed by atoms with Gasteiger partial charge in [0, 0.05) is 23.9 Å². The topological polar surface area (TPSA) is 79.3 Å². The van der Waals surface area contributed by atoms with Crippen molar-refractivity contribution >= 4 is 18.0 Å². The highest BCUT2D eigenvalue weighted by Crippen LogP contribution is 2.24. The zero-order chi connectivity index (χ0) is 14.5. The van der Waals surface area contributed by atoms with Crippen LogP contribution in [-0.2, 0) is 4.79 Å². The quantitative estimate of drug-likeness (QED) is 0.824. The maximum absolute atomic E-state index is 12.2. The van der Waals surface area contributed by atoms with Gasteiger partial charge in [0.05, 0.1) is 0 Å². The average molecular weight is 274 g/mol. The van der Waals surface area contributed by atoms with Crippen molar-refractivity contribution in [2.45, 2.75) is 32.2 Å². The van der Waals surface area contributed by atoms with E-state index in [-0.39, 0.29) is 17.6 Å². The Morgan fingerprint density at radius 3 is 2.90 bits per heavy atom. The Kier molecular flexibility index (Phi) is 4.50. The Morgan fingerprint density at radius 1 is 1.45 bits per heavy atom. The third-order valence-electron chi connectivity index (χ3n) is 3.49. The molecule has 0 aliphatic heterocycles. The van der Waals surface area contributed by atoms with Gasteiger partial charge in [-0.3, -0.25) is 9.78 Å². The molecule has 106 valence electrons. The smallest absolute Gasteiger partial charge is 0.328 e. The molecule has 1 aliphatic rings. The van der Waals surface area contributed by atoms with Crippen molar-refractivity contribution in [1.29, 1.82) is 0 Å². The maximum Gasteiger partial charge on any atom is 0.328 e. The first-order chi connectivity index (χ1) is 9.56. The Labute approximate surface area is 117 Å². The van der Waals surface area contributed by atoms with Crippen LogP contribution in [0.3, 0.4) is 0 Å². The highest BCUT2D eigenvalue weighted by molar-refractivity contribution is 5.97. The number of carbonyl (C=O) groups excluding carboxylic acids is 1. The van der Waals surface area contributed by atoms with Crippen molar-refractivity contribution in [3.05, 3.63) is 35.7 Å². The molecule has 0 aromatic carbocycles. The number of carboxylic acids is 1. The van der Waals surface area contributed by atoms with Gasteiger partial charge in [0.15, 0.2) is 0 Å². The highest BCUT2D eigenvalue weighted by Gasteiger charge is 2.24. The van der Waals surface area contributed by atoms with Gasteiger partial charge in [-0.25, -0.2) is 4.79 Å². The summed E-state index contributed by atoms with van der Waals surface area (Å²) in [5.41, 5.74) is 0.781. The van der Waals surface area contributed by atoms with Crippen LogP contribution in [0.4, 0.5) is 0 Å². The minimum Gasteiger partial charge on any atom is -0.478 e. The van der Waals surface area contributed by atoms with Crippen molar-refractivity contribution in [2.75, 3.05) is 0 Å². The molecule has 1 heterocycles. The predicted molar refractivity (Wildman–Crippen MR) is 75.2 cm³/mol. The third-order valence-corrected chi connectivity index (χ3v) is 3.49. The van der Waals surface area contributed by atoms with E-state index in [1.807, 2.05) is 0 Å². The van der Waals surface area contributed by atoms with Crippen LogP contribution in [0.5, 0.6) is 0 Å². The van der Waals surface area contributed by atoms with Gasteiger partial charge >= 0.3 is 5.97 Å². The molecule has 20 heavy (non-hydrogen) atoms. The molecular formula is C15H18N2O3. The van der Waals surface area contributed by atoms with E-state index in [4.69, 9.17) is 5.11 Å². The first-order valence-corrected chi connectivity index (χ1v) is 6.73. The highest BCUT2D eigenvalue weighted by atomic mass is 16.4. The van der Waals surface area contributed by atoms with Crippen LogP contribution in [0.25, 0.3) is 6.08 Å². The molecule has 2 unspecified atom stereocenters. The maximum atomic E-state index is 12.2. The standard InChI is InChI=1S/C15H18N2O3/c1-10-4-6-12(9-10)17-15(20)14-11(3-2-8-16-14)5-7-13(18)19/h2-3,5,7-8,10,12H,4,6,9H2,1H3,(H,17,20)(H,18,19)/b7-5+. The number of aliphatic carboxylic acids is 1. The van der Waals surface area contributed by atoms with Crippen LogP contribution in [0.15, 0.2) is 24.4 Å². The minimum absolute atomic E-state index is 0.191. The molecule has 0 bridgehead atoms. The number of aromatic nitrogens is 1. The number of amides is 1. The van der Waals surface area contributed by atoms with Crippen molar-refractivity contribution in [1.82, 2.24) is 10.3 Å². The summed E-state index contributed by atoms with van der Waals surface area (Å²) in [7, 11) is 0. The van der Waals surface area contributed by atoms with E-state index in [9.17, 15) is 9.59 Å². The second-order valence-electron chi connectivity index (χ2n) is 5.20. The summed E-state index contributed by atoms with van der Waals surface area (Å²) in [6.45, 7) is 2.17. The van der Waals surface area contributed by atoms with Crippen LogP contribution < -0.4 is 5.32 Å². The molecule has 0 radical (unpaired) electrons. The summed E-state index contributed by atoms with van der Waals surface area (Å²) in [4.78, 5) is 26.8. The minimum atomic E-state index is -1.05. The van der Waals surface area contributed by atoms with Gasteiger partial charge in [-0.15, -0.1) is 0 Å². The number of nitrogens with zero attached hydrogens (tertiary/aromatic N) is 1. The Hall–Kier alpha value is -2.17. The molecule has 1 amide bonds. The van der Waals surface area contributed by atoms with Crippen LogP contribution in [-0.4, -0.2) is 28.0 Å². The molecule has 2 N–H and O–H groups in total. The van der Waals surface area contributed by atoms with Gasteiger partial charge in [0.25, 0.3) is 5.91 Å². The first kappa shape index (κ1) is 14.2. The number of carbonyl (C=O) groups is 2. The first-order valence-electron chi connectivity index (χ1n) is 6.73. The van der Waals surface area contributed by atoms with E-state index >= 15 is 0 Å².